The number of fused-ring (bicyclic) bond motifs is 1. The Hall–Kier alpha value is -3.24. The Labute approximate surface area is 206 Å². The minimum atomic E-state index is -0.283. The summed E-state index contributed by atoms with van der Waals surface area (Å²) in [4.78, 5) is 13.1. The Kier molecular flexibility index (Phi) is 7.59. The van der Waals surface area contributed by atoms with Crippen LogP contribution in [-0.4, -0.2) is 23.8 Å². The fourth-order valence-electron chi connectivity index (χ4n) is 4.42. The molecule has 1 aromatic heterocycles. The van der Waals surface area contributed by atoms with Crippen LogP contribution in [0.5, 0.6) is 5.75 Å². The maximum Gasteiger partial charge on any atom is 0.355 e. The van der Waals surface area contributed by atoms with Crippen LogP contribution in [0.3, 0.4) is 0 Å². The van der Waals surface area contributed by atoms with Crippen LogP contribution >= 0.6 is 11.6 Å². The first-order valence-corrected chi connectivity index (χ1v) is 12.1. The number of aryl methyl sites for hydroxylation is 3. The SMILES string of the molecule is CCOC(=O)c1c(CCCOc2cc(C)c(Cl)c(C)c2)c2ccccc2n1Cc1ccccc1. The zero-order valence-corrected chi connectivity index (χ0v) is 20.7. The summed E-state index contributed by atoms with van der Waals surface area (Å²) in [5.74, 6) is 0.533. The Bertz CT molecular complexity index is 1270. The minimum absolute atomic E-state index is 0.283. The van der Waals surface area contributed by atoms with Gasteiger partial charge >= 0.3 is 5.97 Å². The van der Waals surface area contributed by atoms with E-state index in [1.165, 1.54) is 0 Å². The van der Waals surface area contributed by atoms with Gasteiger partial charge in [-0.2, -0.15) is 0 Å². The minimum Gasteiger partial charge on any atom is -0.494 e. The van der Waals surface area contributed by atoms with Crippen LogP contribution in [0.25, 0.3) is 10.9 Å². The molecule has 5 heteroatoms. The van der Waals surface area contributed by atoms with Gasteiger partial charge in [0.1, 0.15) is 11.4 Å². The van der Waals surface area contributed by atoms with Crippen LogP contribution in [0.4, 0.5) is 0 Å². The molecule has 0 aliphatic carbocycles. The summed E-state index contributed by atoms with van der Waals surface area (Å²) in [6.45, 7) is 7.29. The maximum absolute atomic E-state index is 13.1. The van der Waals surface area contributed by atoms with Crippen molar-refractivity contribution in [2.45, 2.75) is 40.2 Å². The molecule has 0 aliphatic heterocycles. The molecule has 4 aromatic rings. The number of hydrogen-bond donors (Lipinski definition) is 0. The average Bonchev–Trinajstić information content (AvgIpc) is 3.14. The Morgan fingerprint density at radius 2 is 1.65 bits per heavy atom. The average molecular weight is 476 g/mol. The molecule has 4 nitrogen and oxygen atoms in total. The number of carbonyl (C=O) groups excluding carboxylic acids is 1. The van der Waals surface area contributed by atoms with Gasteiger partial charge in [-0.15, -0.1) is 0 Å². The largest absolute Gasteiger partial charge is 0.494 e. The Morgan fingerprint density at radius 3 is 2.35 bits per heavy atom. The number of hydrogen-bond acceptors (Lipinski definition) is 3. The lowest BCUT2D eigenvalue weighted by Gasteiger charge is -2.12. The summed E-state index contributed by atoms with van der Waals surface area (Å²) in [5, 5.41) is 1.86. The van der Waals surface area contributed by atoms with E-state index in [9.17, 15) is 4.79 Å². The second-order valence-electron chi connectivity index (χ2n) is 8.46. The second-order valence-corrected chi connectivity index (χ2v) is 8.84. The number of aromatic nitrogens is 1. The van der Waals surface area contributed by atoms with Crippen molar-refractivity contribution in [3.8, 4) is 5.75 Å². The predicted octanol–water partition coefficient (Wildman–Crippen LogP) is 7.15. The van der Waals surface area contributed by atoms with Gasteiger partial charge in [0.15, 0.2) is 0 Å². The van der Waals surface area contributed by atoms with Crippen LogP contribution in [0.1, 0.15) is 46.1 Å². The fraction of sp³-hybridized carbons (Fsp3) is 0.276. The van der Waals surface area contributed by atoms with Crippen molar-refractivity contribution >= 4 is 28.5 Å². The number of rotatable bonds is 9. The molecule has 0 saturated heterocycles. The van der Waals surface area contributed by atoms with Crippen LogP contribution in [0.2, 0.25) is 5.02 Å². The van der Waals surface area contributed by atoms with E-state index < -0.39 is 0 Å². The van der Waals surface area contributed by atoms with Crippen molar-refractivity contribution < 1.29 is 14.3 Å². The summed E-state index contributed by atoms with van der Waals surface area (Å²) in [6, 6.07) is 22.3. The van der Waals surface area contributed by atoms with Gasteiger partial charge in [-0.3, -0.25) is 0 Å². The number of carbonyl (C=O) groups is 1. The quantitative estimate of drug-likeness (QED) is 0.190. The normalized spacial score (nSPS) is 11.1. The molecule has 0 N–H and O–H groups in total. The summed E-state index contributed by atoms with van der Waals surface area (Å²) in [5.41, 5.74) is 5.82. The lowest BCUT2D eigenvalue weighted by Crippen LogP contribution is -2.15. The fourth-order valence-corrected chi connectivity index (χ4v) is 4.53. The third kappa shape index (κ3) is 5.13. The van der Waals surface area contributed by atoms with Gasteiger partial charge in [-0.05, 0) is 74.1 Å². The van der Waals surface area contributed by atoms with Gasteiger partial charge in [0.25, 0.3) is 0 Å². The summed E-state index contributed by atoms with van der Waals surface area (Å²) in [7, 11) is 0. The lowest BCUT2D eigenvalue weighted by atomic mass is 10.1. The molecule has 0 saturated carbocycles. The van der Waals surface area contributed by atoms with Crippen molar-refractivity contribution in [1.82, 2.24) is 4.57 Å². The van der Waals surface area contributed by atoms with E-state index in [-0.39, 0.29) is 5.97 Å². The first kappa shape index (κ1) is 23.9. The smallest absolute Gasteiger partial charge is 0.355 e. The summed E-state index contributed by atoms with van der Waals surface area (Å²) >= 11 is 6.28. The first-order chi connectivity index (χ1) is 16.5. The van der Waals surface area contributed by atoms with Crippen LogP contribution in [0, 0.1) is 13.8 Å². The zero-order valence-electron chi connectivity index (χ0n) is 19.9. The summed E-state index contributed by atoms with van der Waals surface area (Å²) < 4.78 is 13.6. The lowest BCUT2D eigenvalue weighted by molar-refractivity contribution is 0.0513. The van der Waals surface area contributed by atoms with Gasteiger partial charge in [0, 0.05) is 22.5 Å². The molecule has 0 spiro atoms. The predicted molar refractivity (Wildman–Crippen MR) is 138 cm³/mol. The molecule has 0 unspecified atom stereocenters. The molecular weight excluding hydrogens is 446 g/mol. The van der Waals surface area contributed by atoms with Gasteiger partial charge < -0.3 is 14.0 Å². The molecule has 176 valence electrons. The third-order valence-corrected chi connectivity index (χ3v) is 6.57. The molecule has 0 bridgehead atoms. The molecule has 34 heavy (non-hydrogen) atoms. The number of ether oxygens (including phenoxy) is 2. The van der Waals surface area contributed by atoms with Gasteiger partial charge in [0.05, 0.1) is 13.2 Å². The van der Waals surface area contributed by atoms with Gasteiger partial charge in [0.2, 0.25) is 0 Å². The topological polar surface area (TPSA) is 40.5 Å². The highest BCUT2D eigenvalue weighted by atomic mass is 35.5. The van der Waals surface area contributed by atoms with Crippen molar-refractivity contribution in [2.75, 3.05) is 13.2 Å². The number of halogens is 1. The standard InChI is InChI=1S/C29H30ClNO3/c1-4-33-29(32)28-25(14-10-16-34-23-17-20(2)27(30)21(3)18-23)24-13-8-9-15-26(24)31(28)19-22-11-6-5-7-12-22/h5-9,11-13,15,17-18H,4,10,14,16,19H2,1-3H3. The zero-order chi connectivity index (χ0) is 24.1. The molecule has 0 atom stereocenters. The highest BCUT2D eigenvalue weighted by molar-refractivity contribution is 6.32. The van der Waals surface area contributed by atoms with E-state index >= 15 is 0 Å². The molecule has 0 radical (unpaired) electrons. The van der Waals surface area contributed by atoms with Crippen molar-refractivity contribution in [2.24, 2.45) is 0 Å². The van der Waals surface area contributed by atoms with E-state index in [1.807, 2.05) is 63.2 Å². The Morgan fingerprint density at radius 1 is 0.971 bits per heavy atom. The van der Waals surface area contributed by atoms with E-state index in [0.29, 0.717) is 31.9 Å². The molecule has 3 aromatic carbocycles. The van der Waals surface area contributed by atoms with Crippen molar-refractivity contribution in [1.29, 1.82) is 0 Å². The highest BCUT2D eigenvalue weighted by Gasteiger charge is 2.23. The summed E-state index contributed by atoms with van der Waals surface area (Å²) in [6.07, 6.45) is 1.48. The van der Waals surface area contributed by atoms with Crippen LogP contribution in [0.15, 0.2) is 66.7 Å². The maximum atomic E-state index is 13.1. The molecule has 0 aliphatic rings. The highest BCUT2D eigenvalue weighted by Crippen LogP contribution is 2.30. The van der Waals surface area contributed by atoms with Gasteiger partial charge in [-0.25, -0.2) is 4.79 Å². The monoisotopic (exact) mass is 475 g/mol. The third-order valence-electron chi connectivity index (χ3n) is 5.98. The molecule has 1 heterocycles. The number of nitrogens with zero attached hydrogens (tertiary/aromatic N) is 1. The van der Waals surface area contributed by atoms with Crippen molar-refractivity contribution in [3.05, 3.63) is 99.7 Å². The van der Waals surface area contributed by atoms with Crippen LogP contribution in [-0.2, 0) is 17.7 Å². The molecular formula is C29H30ClNO3. The van der Waals surface area contributed by atoms with Crippen molar-refractivity contribution in [3.63, 3.8) is 0 Å². The first-order valence-electron chi connectivity index (χ1n) is 11.7. The van der Waals surface area contributed by atoms with Gasteiger partial charge in [-0.1, -0.05) is 60.1 Å². The Balaban J connectivity index is 1.62. The van der Waals surface area contributed by atoms with E-state index in [1.54, 1.807) is 0 Å². The second kappa shape index (κ2) is 10.8. The van der Waals surface area contributed by atoms with E-state index in [0.717, 1.165) is 50.3 Å². The number of para-hydroxylation sites is 1. The van der Waals surface area contributed by atoms with E-state index in [4.69, 9.17) is 21.1 Å². The number of esters is 1. The molecule has 4 rings (SSSR count). The molecule has 0 amide bonds. The van der Waals surface area contributed by atoms with E-state index in [2.05, 4.69) is 28.8 Å². The molecule has 0 fully saturated rings. The van der Waals surface area contributed by atoms with Crippen LogP contribution < -0.4 is 4.74 Å². The number of benzene rings is 3.